The van der Waals surface area contributed by atoms with E-state index < -0.39 is 0 Å². The maximum atomic E-state index is 10.7. The summed E-state index contributed by atoms with van der Waals surface area (Å²) in [6, 6.07) is 43.0. The number of benzene rings is 4. The van der Waals surface area contributed by atoms with Gasteiger partial charge in [-0.2, -0.15) is 0 Å². The third-order valence-corrected chi connectivity index (χ3v) is 6.33. The molecule has 4 aromatic carbocycles. The van der Waals surface area contributed by atoms with Crippen LogP contribution in [0.25, 0.3) is 22.3 Å². The summed E-state index contributed by atoms with van der Waals surface area (Å²) in [7, 11) is 1.37. The zero-order chi connectivity index (χ0) is 25.5. The molecule has 188 valence electrons. The van der Waals surface area contributed by atoms with Crippen molar-refractivity contribution in [3.05, 3.63) is 175 Å². The van der Waals surface area contributed by atoms with E-state index in [2.05, 4.69) is 126 Å². The van der Waals surface area contributed by atoms with Crippen molar-refractivity contribution in [3.63, 3.8) is 0 Å². The van der Waals surface area contributed by atoms with E-state index >= 15 is 0 Å². The number of rotatable bonds is 5. The van der Waals surface area contributed by atoms with Crippen LogP contribution in [0, 0.1) is 31.6 Å². The van der Waals surface area contributed by atoms with Gasteiger partial charge in [-0.15, -0.1) is 0 Å². The standard InChI is InChI=1S/C28H20.C7H7O2.Co/c1-5-13-21(14-6-1)25-26(22-15-7-2-8-16-22)28(24-19-11-4-12-20-24)27(25)23-17-9-3-10-18-23;1-9-7(8)6-4-2-3-5-6;/h1-20H;2-5H,1H3;. The minimum atomic E-state index is -0.278. The van der Waals surface area contributed by atoms with Gasteiger partial charge < -0.3 is 4.74 Å². The zero-order valence-corrected chi connectivity index (χ0v) is 22.0. The van der Waals surface area contributed by atoms with Crippen molar-refractivity contribution in [2.45, 2.75) is 0 Å². The Morgan fingerprint density at radius 3 is 0.974 bits per heavy atom. The molecule has 2 aliphatic carbocycles. The molecule has 4 aromatic rings. The van der Waals surface area contributed by atoms with Crippen LogP contribution in [0.3, 0.4) is 0 Å². The van der Waals surface area contributed by atoms with Crippen molar-refractivity contribution in [1.29, 1.82) is 0 Å². The molecule has 0 bridgehead atoms. The first-order valence-corrected chi connectivity index (χ1v) is 12.3. The zero-order valence-electron chi connectivity index (χ0n) is 21.0. The van der Waals surface area contributed by atoms with Crippen LogP contribution in [0.1, 0.15) is 22.3 Å². The van der Waals surface area contributed by atoms with Crippen LogP contribution >= 0.6 is 0 Å². The van der Waals surface area contributed by atoms with Crippen LogP contribution in [0.2, 0.25) is 0 Å². The predicted molar refractivity (Wildman–Crippen MR) is 152 cm³/mol. The van der Waals surface area contributed by atoms with Gasteiger partial charge in [0.2, 0.25) is 0 Å². The summed E-state index contributed by atoms with van der Waals surface area (Å²) in [5.74, 6) is 0.331. The number of ether oxygens (including phenoxy) is 1. The summed E-state index contributed by atoms with van der Waals surface area (Å²) in [5.41, 5.74) is 10.4. The molecule has 0 heterocycles. The van der Waals surface area contributed by atoms with E-state index in [4.69, 9.17) is 0 Å². The Morgan fingerprint density at radius 1 is 0.474 bits per heavy atom. The minimum absolute atomic E-state index is 0. The molecular weight excluding hydrogens is 511 g/mol. The van der Waals surface area contributed by atoms with Crippen molar-refractivity contribution < 1.29 is 26.3 Å². The van der Waals surface area contributed by atoms with E-state index in [1.165, 1.54) is 51.7 Å². The van der Waals surface area contributed by atoms with E-state index in [0.717, 1.165) is 0 Å². The average Bonchev–Trinajstić information content (AvgIpc) is 3.50. The van der Waals surface area contributed by atoms with Crippen molar-refractivity contribution >= 4 is 28.3 Å². The number of carbonyl (C=O) groups is 1. The normalized spacial score (nSPS) is 14.7. The first-order valence-electron chi connectivity index (χ1n) is 12.3. The molecule has 38 heavy (non-hydrogen) atoms. The molecule has 0 spiro atoms. The second-order valence-electron chi connectivity index (χ2n) is 8.63. The van der Waals surface area contributed by atoms with Crippen LogP contribution in [-0.4, -0.2) is 13.1 Å². The summed E-state index contributed by atoms with van der Waals surface area (Å²) in [6.07, 6.45) is 7.02. The Morgan fingerprint density at radius 2 is 0.737 bits per heavy atom. The molecule has 2 nitrogen and oxygen atoms in total. The molecule has 3 heteroatoms. The van der Waals surface area contributed by atoms with Crippen LogP contribution < -0.4 is 0 Å². The number of hydrogen-bond donors (Lipinski definition) is 0. The first-order chi connectivity index (χ1) is 18.3. The molecule has 2 aliphatic rings. The van der Waals surface area contributed by atoms with Gasteiger partial charge in [0.1, 0.15) is 0 Å². The molecule has 0 saturated heterocycles. The maximum absolute atomic E-state index is 10.7. The van der Waals surface area contributed by atoms with E-state index in [-0.39, 0.29) is 22.7 Å². The summed E-state index contributed by atoms with van der Waals surface area (Å²) >= 11 is 0. The van der Waals surface area contributed by atoms with Crippen molar-refractivity contribution in [3.8, 4) is 0 Å². The van der Waals surface area contributed by atoms with Crippen molar-refractivity contribution in [2.75, 3.05) is 7.11 Å². The summed E-state index contributed by atoms with van der Waals surface area (Å²) in [6.45, 7) is 0. The van der Waals surface area contributed by atoms with Gasteiger partial charge in [0, 0.05) is 16.8 Å². The molecule has 1 fully saturated rings. The van der Waals surface area contributed by atoms with Gasteiger partial charge in [-0.25, -0.2) is 0 Å². The Kier molecular flexibility index (Phi) is 9.53. The molecule has 0 unspecified atom stereocenters. The van der Waals surface area contributed by atoms with Crippen molar-refractivity contribution in [2.24, 2.45) is 0 Å². The molecule has 0 aromatic heterocycles. The molecule has 6 radical (unpaired) electrons. The molecule has 1 saturated carbocycles. The Bertz CT molecular complexity index is 1180. The second kappa shape index (κ2) is 13.2. The van der Waals surface area contributed by atoms with E-state index in [0.29, 0.717) is 5.92 Å². The fourth-order valence-corrected chi connectivity index (χ4v) is 4.64. The maximum Gasteiger partial charge on any atom is 0.313 e. The second-order valence-corrected chi connectivity index (χ2v) is 8.63. The van der Waals surface area contributed by atoms with Gasteiger partial charge in [0.05, 0.1) is 13.0 Å². The molecular formula is C35H27CoO2. The third-order valence-electron chi connectivity index (χ3n) is 6.33. The molecule has 6 rings (SSSR count). The quantitative estimate of drug-likeness (QED) is 0.243. The number of hydrogen-bond acceptors (Lipinski definition) is 2. The van der Waals surface area contributed by atoms with Gasteiger partial charge in [0.25, 0.3) is 0 Å². The Hall–Kier alpha value is -3.66. The smallest absolute Gasteiger partial charge is 0.313 e. The van der Waals surface area contributed by atoms with Gasteiger partial charge in [0.15, 0.2) is 0 Å². The third kappa shape index (κ3) is 5.90. The van der Waals surface area contributed by atoms with Gasteiger partial charge in [-0.1, -0.05) is 121 Å². The Labute approximate surface area is 236 Å². The molecule has 0 aliphatic heterocycles. The van der Waals surface area contributed by atoms with Gasteiger partial charge in [-0.05, 0) is 70.2 Å². The molecule has 0 amide bonds. The van der Waals surface area contributed by atoms with E-state index in [9.17, 15) is 4.79 Å². The van der Waals surface area contributed by atoms with Crippen LogP contribution in [0.15, 0.2) is 121 Å². The van der Waals surface area contributed by atoms with E-state index in [1.807, 2.05) is 0 Å². The van der Waals surface area contributed by atoms with Gasteiger partial charge >= 0.3 is 5.97 Å². The number of allylic oxidation sites excluding steroid dienone is 4. The molecule has 0 atom stereocenters. The van der Waals surface area contributed by atoms with Gasteiger partial charge in [-0.3, -0.25) is 4.79 Å². The van der Waals surface area contributed by atoms with Crippen molar-refractivity contribution in [1.82, 2.24) is 0 Å². The van der Waals surface area contributed by atoms with Crippen LogP contribution in [0.5, 0.6) is 0 Å². The molecule has 0 N–H and O–H groups in total. The average molecular weight is 539 g/mol. The largest absolute Gasteiger partial charge is 0.469 e. The predicted octanol–water partition coefficient (Wildman–Crippen LogP) is 7.78. The number of esters is 1. The van der Waals surface area contributed by atoms with Crippen LogP contribution in [0.4, 0.5) is 0 Å². The fraction of sp³-hybridized carbons (Fsp3) is 0.0286. The number of methoxy groups -OCH3 is 1. The van der Waals surface area contributed by atoms with Crippen LogP contribution in [-0.2, 0) is 26.3 Å². The summed E-state index contributed by atoms with van der Waals surface area (Å²) < 4.78 is 4.46. The topological polar surface area (TPSA) is 26.3 Å². The minimum Gasteiger partial charge on any atom is -0.469 e. The fourth-order valence-electron chi connectivity index (χ4n) is 4.64. The summed E-state index contributed by atoms with van der Waals surface area (Å²) in [5, 5.41) is 0. The Balaban J connectivity index is 0.000000288. The number of carbonyl (C=O) groups excluding carboxylic acids is 1. The summed E-state index contributed by atoms with van der Waals surface area (Å²) in [4.78, 5) is 10.7. The SMILES string of the molecule is COC(=O)[C]1[CH][CH][CH][CH]1.[Co].c1ccc(C2=C(c3ccccc3)C(c3ccccc3)=C2c2ccccc2)cc1. The monoisotopic (exact) mass is 538 g/mol. The first kappa shape index (κ1) is 27.4. The van der Waals surface area contributed by atoms with E-state index in [1.54, 1.807) is 25.7 Å².